The first-order valence-corrected chi connectivity index (χ1v) is 9.09. The molecular weight excluding hydrogens is 312 g/mol. The Morgan fingerprint density at radius 3 is 2.44 bits per heavy atom. The molecule has 25 heavy (non-hydrogen) atoms. The fourth-order valence-corrected chi connectivity index (χ4v) is 2.59. The molecule has 0 amide bonds. The summed E-state index contributed by atoms with van der Waals surface area (Å²) in [5.74, 6) is 1.76. The molecule has 0 bridgehead atoms. The normalized spacial score (nSPS) is 11.6. The van der Waals surface area contributed by atoms with Gasteiger partial charge in [0, 0.05) is 18.7 Å². The first-order chi connectivity index (χ1) is 12.1. The van der Waals surface area contributed by atoms with Crippen LogP contribution in [-0.2, 0) is 13.0 Å². The average molecular weight is 342 g/mol. The summed E-state index contributed by atoms with van der Waals surface area (Å²) in [5, 5.41) is 10.8. The minimum atomic E-state index is 0.674. The molecule has 0 saturated carbocycles. The Morgan fingerprint density at radius 1 is 1.08 bits per heavy atom. The molecule has 2 aromatic rings. The molecule has 136 valence electrons. The molecule has 5 nitrogen and oxygen atoms in total. The zero-order valence-corrected chi connectivity index (χ0v) is 15.9. The summed E-state index contributed by atoms with van der Waals surface area (Å²) >= 11 is 0. The van der Waals surface area contributed by atoms with Gasteiger partial charge in [-0.15, -0.1) is 0 Å². The van der Waals surface area contributed by atoms with Crippen LogP contribution in [0.15, 0.2) is 33.8 Å². The molecule has 0 aliphatic carbocycles. The first-order valence-electron chi connectivity index (χ1n) is 9.09. The zero-order valence-electron chi connectivity index (χ0n) is 15.9. The third kappa shape index (κ3) is 6.25. The molecular formula is C20H30N4O. The second kappa shape index (κ2) is 9.87. The van der Waals surface area contributed by atoms with E-state index in [9.17, 15) is 0 Å². The van der Waals surface area contributed by atoms with E-state index in [-0.39, 0.29) is 0 Å². The number of nitrogens with zero attached hydrogens (tertiary/aromatic N) is 2. The highest BCUT2D eigenvalue weighted by Crippen LogP contribution is 2.12. The molecule has 1 aromatic heterocycles. The first kappa shape index (κ1) is 19.0. The molecule has 5 heteroatoms. The van der Waals surface area contributed by atoms with Crippen LogP contribution >= 0.6 is 0 Å². The fourth-order valence-electron chi connectivity index (χ4n) is 2.59. The number of hydrogen-bond donors (Lipinski definition) is 2. The zero-order chi connectivity index (χ0) is 18.1. The van der Waals surface area contributed by atoms with Crippen LogP contribution in [0, 0.1) is 20.8 Å². The van der Waals surface area contributed by atoms with Gasteiger partial charge in [0.1, 0.15) is 5.76 Å². The lowest BCUT2D eigenvalue weighted by molar-refractivity contribution is 0.392. The predicted octanol–water partition coefficient (Wildman–Crippen LogP) is 3.68. The van der Waals surface area contributed by atoms with E-state index < -0.39 is 0 Å². The minimum absolute atomic E-state index is 0.674. The third-order valence-electron chi connectivity index (χ3n) is 4.21. The summed E-state index contributed by atoms with van der Waals surface area (Å²) in [7, 11) is 0. The van der Waals surface area contributed by atoms with E-state index in [0.29, 0.717) is 6.54 Å². The van der Waals surface area contributed by atoms with Gasteiger partial charge in [0.15, 0.2) is 5.96 Å². The van der Waals surface area contributed by atoms with Gasteiger partial charge in [0.05, 0.1) is 12.2 Å². The summed E-state index contributed by atoms with van der Waals surface area (Å²) in [5.41, 5.74) is 4.63. The Labute approximate surface area is 150 Å². The number of aromatic nitrogens is 1. The molecule has 0 fully saturated rings. The maximum atomic E-state index is 5.22. The van der Waals surface area contributed by atoms with Gasteiger partial charge in [-0.1, -0.05) is 48.3 Å². The third-order valence-corrected chi connectivity index (χ3v) is 4.21. The van der Waals surface area contributed by atoms with Gasteiger partial charge in [-0.05, 0) is 39.2 Å². The largest absolute Gasteiger partial charge is 0.361 e. The smallest absolute Gasteiger partial charge is 0.191 e. The Bertz CT molecular complexity index is 654. The number of nitrogens with one attached hydrogen (secondary N) is 2. The highest BCUT2D eigenvalue weighted by molar-refractivity contribution is 5.79. The van der Waals surface area contributed by atoms with Crippen LogP contribution in [0.1, 0.15) is 47.9 Å². The Kier molecular flexibility index (Phi) is 7.51. The van der Waals surface area contributed by atoms with Crippen molar-refractivity contribution in [2.75, 3.05) is 13.1 Å². The second-order valence-electron chi connectivity index (χ2n) is 6.41. The van der Waals surface area contributed by atoms with E-state index in [1.807, 2.05) is 13.8 Å². The van der Waals surface area contributed by atoms with Gasteiger partial charge < -0.3 is 15.2 Å². The molecule has 0 unspecified atom stereocenters. The van der Waals surface area contributed by atoms with Crippen LogP contribution in [0.2, 0.25) is 0 Å². The van der Waals surface area contributed by atoms with E-state index in [4.69, 9.17) is 9.52 Å². The predicted molar refractivity (Wildman–Crippen MR) is 103 cm³/mol. The van der Waals surface area contributed by atoms with Crippen LogP contribution in [-0.4, -0.2) is 24.2 Å². The number of aliphatic imine (C=N–C) groups is 1. The van der Waals surface area contributed by atoms with Gasteiger partial charge in [-0.2, -0.15) is 0 Å². The summed E-state index contributed by atoms with van der Waals surface area (Å²) < 4.78 is 5.22. The van der Waals surface area contributed by atoms with E-state index in [0.717, 1.165) is 49.8 Å². The molecule has 0 saturated heterocycles. The SMILES string of the molecule is CCCCNC(=NCc1ccc(C)cc1)NCCc1c(C)noc1C. The van der Waals surface area contributed by atoms with Crippen molar-refractivity contribution in [3.05, 3.63) is 52.4 Å². The summed E-state index contributed by atoms with van der Waals surface area (Å²) in [4.78, 5) is 4.71. The van der Waals surface area contributed by atoms with E-state index in [1.54, 1.807) is 0 Å². The summed E-state index contributed by atoms with van der Waals surface area (Å²) in [6, 6.07) is 8.51. The van der Waals surface area contributed by atoms with E-state index in [1.165, 1.54) is 16.7 Å². The van der Waals surface area contributed by atoms with Crippen molar-refractivity contribution in [1.29, 1.82) is 0 Å². The summed E-state index contributed by atoms with van der Waals surface area (Å²) in [6.07, 6.45) is 3.17. The van der Waals surface area contributed by atoms with Crippen LogP contribution in [0.25, 0.3) is 0 Å². The monoisotopic (exact) mass is 342 g/mol. The topological polar surface area (TPSA) is 62.5 Å². The number of rotatable bonds is 8. The van der Waals surface area contributed by atoms with Crippen molar-refractivity contribution in [2.45, 2.75) is 53.5 Å². The van der Waals surface area contributed by atoms with Crippen molar-refractivity contribution in [3.8, 4) is 0 Å². The second-order valence-corrected chi connectivity index (χ2v) is 6.41. The van der Waals surface area contributed by atoms with Gasteiger partial charge in [0.25, 0.3) is 0 Å². The van der Waals surface area contributed by atoms with E-state index >= 15 is 0 Å². The van der Waals surface area contributed by atoms with Gasteiger partial charge in [-0.25, -0.2) is 4.99 Å². The average Bonchev–Trinajstić information content (AvgIpc) is 2.92. The van der Waals surface area contributed by atoms with Crippen LogP contribution < -0.4 is 10.6 Å². The van der Waals surface area contributed by atoms with Crippen molar-refractivity contribution in [2.24, 2.45) is 4.99 Å². The quantitative estimate of drug-likeness (QED) is 0.436. The molecule has 0 aliphatic heterocycles. The Balaban J connectivity index is 1.92. The van der Waals surface area contributed by atoms with Crippen molar-refractivity contribution in [1.82, 2.24) is 15.8 Å². The lowest BCUT2D eigenvalue weighted by Gasteiger charge is -2.12. The van der Waals surface area contributed by atoms with E-state index in [2.05, 4.69) is 53.9 Å². The van der Waals surface area contributed by atoms with Crippen molar-refractivity contribution in [3.63, 3.8) is 0 Å². The number of guanidine groups is 1. The maximum absolute atomic E-state index is 5.22. The Hall–Kier alpha value is -2.30. The molecule has 0 aliphatic rings. The van der Waals surface area contributed by atoms with Crippen LogP contribution in [0.3, 0.4) is 0 Å². The number of aryl methyl sites for hydroxylation is 3. The van der Waals surface area contributed by atoms with Crippen LogP contribution in [0.4, 0.5) is 0 Å². The molecule has 0 radical (unpaired) electrons. The Morgan fingerprint density at radius 2 is 1.80 bits per heavy atom. The fraction of sp³-hybridized carbons (Fsp3) is 0.500. The maximum Gasteiger partial charge on any atom is 0.191 e. The van der Waals surface area contributed by atoms with Crippen LogP contribution in [0.5, 0.6) is 0 Å². The number of hydrogen-bond acceptors (Lipinski definition) is 3. The standard InChI is InChI=1S/C20H30N4O/c1-5-6-12-21-20(23-14-18-9-7-15(2)8-10-18)22-13-11-19-16(3)24-25-17(19)4/h7-10H,5-6,11-14H2,1-4H3,(H2,21,22,23). The highest BCUT2D eigenvalue weighted by atomic mass is 16.5. The molecule has 0 atom stereocenters. The van der Waals surface area contributed by atoms with Crippen molar-refractivity contribution < 1.29 is 4.52 Å². The lowest BCUT2D eigenvalue weighted by Crippen LogP contribution is -2.39. The highest BCUT2D eigenvalue weighted by Gasteiger charge is 2.08. The molecule has 2 N–H and O–H groups in total. The summed E-state index contributed by atoms with van der Waals surface area (Å²) in [6.45, 7) is 10.6. The molecule has 0 spiro atoms. The molecule has 1 heterocycles. The lowest BCUT2D eigenvalue weighted by atomic mass is 10.1. The van der Waals surface area contributed by atoms with Gasteiger partial charge >= 0.3 is 0 Å². The van der Waals surface area contributed by atoms with Gasteiger partial charge in [-0.3, -0.25) is 0 Å². The van der Waals surface area contributed by atoms with Gasteiger partial charge in [0.2, 0.25) is 0 Å². The molecule has 1 aromatic carbocycles. The van der Waals surface area contributed by atoms with Crippen molar-refractivity contribution >= 4 is 5.96 Å². The number of benzene rings is 1. The number of unbranched alkanes of at least 4 members (excludes halogenated alkanes) is 1. The minimum Gasteiger partial charge on any atom is -0.361 e. The molecule has 2 rings (SSSR count).